The number of methoxy groups -OCH3 is 1. The van der Waals surface area contributed by atoms with Gasteiger partial charge in [0.25, 0.3) is 0 Å². The summed E-state index contributed by atoms with van der Waals surface area (Å²) in [7, 11) is 3.87. The fourth-order valence-electron chi connectivity index (χ4n) is 5.55. The van der Waals surface area contributed by atoms with Crippen molar-refractivity contribution in [1.29, 1.82) is 0 Å². The van der Waals surface area contributed by atoms with Crippen LogP contribution in [0.15, 0.2) is 30.6 Å². The van der Waals surface area contributed by atoms with Gasteiger partial charge in [0, 0.05) is 60.5 Å². The molecule has 1 unspecified atom stereocenters. The number of likely N-dealkylation sites (N-methyl/N-ethyl adjacent to an activating group) is 1. The van der Waals surface area contributed by atoms with Crippen LogP contribution in [0.2, 0.25) is 0 Å². The van der Waals surface area contributed by atoms with Gasteiger partial charge < -0.3 is 9.47 Å². The summed E-state index contributed by atoms with van der Waals surface area (Å²) in [6, 6.07) is 7.68. The lowest BCUT2D eigenvalue weighted by Gasteiger charge is -2.44. The topological polar surface area (TPSA) is 68.5 Å². The first-order valence-corrected chi connectivity index (χ1v) is 13.0. The van der Waals surface area contributed by atoms with Crippen LogP contribution in [0.25, 0.3) is 16.9 Å². The number of aromatic nitrogens is 4. The van der Waals surface area contributed by atoms with Crippen LogP contribution in [-0.4, -0.2) is 82.1 Å². The molecule has 1 fully saturated rings. The van der Waals surface area contributed by atoms with Crippen LogP contribution in [0.3, 0.4) is 0 Å². The molecule has 8 heteroatoms. The van der Waals surface area contributed by atoms with E-state index in [2.05, 4.69) is 60.8 Å². The number of hydrogen-bond acceptors (Lipinski definition) is 7. The van der Waals surface area contributed by atoms with Crippen molar-refractivity contribution in [3.63, 3.8) is 0 Å². The number of hydrogen-bond donors (Lipinski definition) is 0. The van der Waals surface area contributed by atoms with E-state index in [1.807, 2.05) is 24.0 Å². The zero-order valence-corrected chi connectivity index (χ0v) is 22.4. The molecule has 3 aromatic heterocycles. The van der Waals surface area contributed by atoms with Crippen LogP contribution in [0.4, 0.5) is 0 Å². The van der Waals surface area contributed by atoms with E-state index in [1.54, 1.807) is 7.11 Å². The monoisotopic (exact) mass is 490 g/mol. The molecule has 2 aliphatic heterocycles. The maximum atomic E-state index is 5.85. The fourth-order valence-corrected chi connectivity index (χ4v) is 5.55. The highest BCUT2D eigenvalue weighted by Gasteiger charge is 2.30. The molecule has 0 aliphatic carbocycles. The molecule has 1 saturated heterocycles. The van der Waals surface area contributed by atoms with E-state index in [9.17, 15) is 0 Å². The number of nitrogens with zero attached hydrogens (tertiary/aromatic N) is 6. The van der Waals surface area contributed by atoms with Crippen molar-refractivity contribution < 1.29 is 9.47 Å². The normalized spacial score (nSPS) is 22.2. The second kappa shape index (κ2) is 10.3. The molecule has 5 heterocycles. The molecule has 5 rings (SSSR count). The minimum atomic E-state index is 0.237. The van der Waals surface area contributed by atoms with Crippen LogP contribution < -0.4 is 4.74 Å². The number of pyridine rings is 2. The Hall–Kier alpha value is -2.81. The van der Waals surface area contributed by atoms with E-state index in [1.165, 1.54) is 11.3 Å². The van der Waals surface area contributed by atoms with E-state index in [4.69, 9.17) is 19.6 Å². The average Bonchev–Trinajstić information content (AvgIpc) is 3.07. The number of ether oxygens (including phenoxy) is 2. The van der Waals surface area contributed by atoms with Crippen LogP contribution in [0, 0.1) is 6.92 Å². The summed E-state index contributed by atoms with van der Waals surface area (Å²) >= 11 is 0. The molecule has 3 atom stereocenters. The third-order valence-electron chi connectivity index (χ3n) is 7.94. The fraction of sp³-hybridized carbons (Fsp3) is 0.536. The molecule has 0 radical (unpaired) electrons. The molecule has 0 amide bonds. The first kappa shape index (κ1) is 24.9. The van der Waals surface area contributed by atoms with Gasteiger partial charge in [-0.1, -0.05) is 0 Å². The van der Waals surface area contributed by atoms with Crippen LogP contribution in [0.5, 0.6) is 5.88 Å². The summed E-state index contributed by atoms with van der Waals surface area (Å²) in [5.41, 5.74) is 7.60. The number of aryl methyl sites for hydroxylation is 1. The maximum absolute atomic E-state index is 5.85. The van der Waals surface area contributed by atoms with Gasteiger partial charge in [-0.3, -0.25) is 14.8 Å². The highest BCUT2D eigenvalue weighted by molar-refractivity contribution is 5.65. The van der Waals surface area contributed by atoms with E-state index >= 15 is 0 Å². The van der Waals surface area contributed by atoms with E-state index < -0.39 is 0 Å². The Labute approximate surface area is 214 Å². The van der Waals surface area contributed by atoms with Gasteiger partial charge in [-0.2, -0.15) is 5.10 Å². The third-order valence-corrected chi connectivity index (χ3v) is 7.94. The molecule has 2 aliphatic rings. The predicted octanol–water partition coefficient (Wildman–Crippen LogP) is 3.85. The maximum Gasteiger partial charge on any atom is 0.216 e. The first-order chi connectivity index (χ1) is 17.4. The van der Waals surface area contributed by atoms with Crippen molar-refractivity contribution in [2.24, 2.45) is 0 Å². The van der Waals surface area contributed by atoms with Crippen molar-refractivity contribution in [2.45, 2.75) is 58.7 Å². The zero-order chi connectivity index (χ0) is 25.4. The van der Waals surface area contributed by atoms with Gasteiger partial charge in [0.1, 0.15) is 0 Å². The van der Waals surface area contributed by atoms with Gasteiger partial charge in [0.15, 0.2) is 0 Å². The number of rotatable bonds is 5. The standard InChI is InChI=1S/C28H38N6O2/c1-18-13-23(15-30-28(18)35-6)34-26-9-12-36-11-8-24(26)27(31-34)22-7-10-29-25(14-22)21(4)33-16-19(2)32(5)20(3)17-33/h7,10,13-15,19-21H,8-9,11-12,16-17H2,1-6H3/t19-,20+,21?. The SMILES string of the molecule is COc1ncc(-n2nc(-c3ccnc(C(C)N4C[C@@H](C)N(C)[C@@H](C)C4)c3)c3c2CCOCC3)cc1C. The summed E-state index contributed by atoms with van der Waals surface area (Å²) in [6.45, 7) is 12.4. The molecule has 0 saturated carbocycles. The van der Waals surface area contributed by atoms with Crippen LogP contribution in [0.1, 0.15) is 49.3 Å². The lowest BCUT2D eigenvalue weighted by Crippen LogP contribution is -2.55. The summed E-state index contributed by atoms with van der Waals surface area (Å²) < 4.78 is 13.3. The molecule has 0 spiro atoms. The minimum absolute atomic E-state index is 0.237. The second-order valence-corrected chi connectivity index (χ2v) is 10.3. The van der Waals surface area contributed by atoms with Crippen molar-refractivity contribution in [3.05, 3.63) is 53.1 Å². The molecule has 192 valence electrons. The first-order valence-electron chi connectivity index (χ1n) is 13.0. The molecular weight excluding hydrogens is 452 g/mol. The molecule has 8 nitrogen and oxygen atoms in total. The van der Waals surface area contributed by atoms with Crippen LogP contribution in [-0.2, 0) is 17.6 Å². The summed E-state index contributed by atoms with van der Waals surface area (Å²) in [4.78, 5) is 14.3. The Morgan fingerprint density at radius 3 is 2.56 bits per heavy atom. The highest BCUT2D eigenvalue weighted by atomic mass is 16.5. The molecule has 0 bridgehead atoms. The summed E-state index contributed by atoms with van der Waals surface area (Å²) in [6.07, 6.45) is 5.43. The predicted molar refractivity (Wildman–Crippen MR) is 141 cm³/mol. The lowest BCUT2D eigenvalue weighted by atomic mass is 10.0. The largest absolute Gasteiger partial charge is 0.481 e. The van der Waals surface area contributed by atoms with Gasteiger partial charge in [-0.15, -0.1) is 0 Å². The summed E-state index contributed by atoms with van der Waals surface area (Å²) in [5.74, 6) is 0.640. The second-order valence-electron chi connectivity index (χ2n) is 10.3. The van der Waals surface area contributed by atoms with E-state index in [0.29, 0.717) is 31.2 Å². The van der Waals surface area contributed by atoms with Crippen molar-refractivity contribution >= 4 is 0 Å². The minimum Gasteiger partial charge on any atom is -0.481 e. The highest BCUT2D eigenvalue weighted by Crippen LogP contribution is 2.32. The Morgan fingerprint density at radius 1 is 1.08 bits per heavy atom. The zero-order valence-electron chi connectivity index (χ0n) is 22.4. The Bertz CT molecular complexity index is 1210. The Morgan fingerprint density at radius 2 is 1.83 bits per heavy atom. The molecule has 0 N–H and O–H groups in total. The van der Waals surface area contributed by atoms with Gasteiger partial charge >= 0.3 is 0 Å². The van der Waals surface area contributed by atoms with E-state index in [0.717, 1.165) is 54.1 Å². The van der Waals surface area contributed by atoms with Crippen molar-refractivity contribution in [1.82, 2.24) is 29.5 Å². The van der Waals surface area contributed by atoms with Gasteiger partial charge in [-0.05, 0) is 59.4 Å². The van der Waals surface area contributed by atoms with Crippen molar-refractivity contribution in [2.75, 3.05) is 40.5 Å². The number of piperazine rings is 1. The Balaban J connectivity index is 1.52. The molecule has 0 aromatic carbocycles. The van der Waals surface area contributed by atoms with E-state index in [-0.39, 0.29) is 6.04 Å². The van der Waals surface area contributed by atoms with Crippen molar-refractivity contribution in [3.8, 4) is 22.8 Å². The third kappa shape index (κ3) is 4.65. The number of fused-ring (bicyclic) bond motifs is 1. The van der Waals surface area contributed by atoms with Crippen LogP contribution >= 0.6 is 0 Å². The Kier molecular flexibility index (Phi) is 7.10. The van der Waals surface area contributed by atoms with Gasteiger partial charge in [-0.25, -0.2) is 9.67 Å². The van der Waals surface area contributed by atoms with Gasteiger partial charge in [0.2, 0.25) is 5.88 Å². The molecule has 3 aromatic rings. The average molecular weight is 491 g/mol. The summed E-state index contributed by atoms with van der Waals surface area (Å²) in [5, 5.41) is 5.15. The van der Waals surface area contributed by atoms with Gasteiger partial charge in [0.05, 0.1) is 49.3 Å². The smallest absolute Gasteiger partial charge is 0.216 e. The lowest BCUT2D eigenvalue weighted by molar-refractivity contribution is 0.0367. The molecule has 36 heavy (non-hydrogen) atoms. The quantitative estimate of drug-likeness (QED) is 0.538. The molecular formula is C28H38N6O2.